The number of hydrogen-bond donors (Lipinski definition) is 0. The maximum absolute atomic E-state index is 12.3. The molecule has 0 bridgehead atoms. The van der Waals surface area contributed by atoms with E-state index in [1.807, 2.05) is 0 Å². The minimum absolute atomic E-state index is 0.380. The Morgan fingerprint density at radius 2 is 1.62 bits per heavy atom. The van der Waals surface area contributed by atoms with E-state index < -0.39 is 5.97 Å². The number of benzene rings is 1. The Hall–Kier alpha value is -1.84. The average molecular weight is 363 g/mol. The van der Waals surface area contributed by atoms with Crippen molar-refractivity contribution in [1.29, 1.82) is 0 Å². The summed E-state index contributed by atoms with van der Waals surface area (Å²) in [5.41, 5.74) is 0.786. The molecule has 0 heterocycles. The molecule has 0 aliphatic heterocycles. The number of esters is 2. The Bertz CT molecular complexity index is 551. The van der Waals surface area contributed by atoms with Crippen LogP contribution in [0.3, 0.4) is 0 Å². The summed E-state index contributed by atoms with van der Waals surface area (Å²) in [7, 11) is 0. The SMILES string of the molecule is CCCCC(CC)COC(=O)c1cccc(C(=O)OCCCC(C)C)c1. The molecular weight excluding hydrogens is 328 g/mol. The normalized spacial score (nSPS) is 12.0. The second kappa shape index (κ2) is 12.5. The van der Waals surface area contributed by atoms with Crippen molar-refractivity contribution in [3.8, 4) is 0 Å². The predicted octanol–water partition coefficient (Wildman–Crippen LogP) is 5.65. The van der Waals surface area contributed by atoms with Gasteiger partial charge in [-0.25, -0.2) is 9.59 Å². The van der Waals surface area contributed by atoms with E-state index in [0.29, 0.717) is 36.2 Å². The van der Waals surface area contributed by atoms with Gasteiger partial charge in [-0.1, -0.05) is 53.0 Å². The third kappa shape index (κ3) is 8.50. The van der Waals surface area contributed by atoms with Crippen LogP contribution in [0.5, 0.6) is 0 Å². The Labute approximate surface area is 158 Å². The molecule has 0 aliphatic rings. The fourth-order valence-electron chi connectivity index (χ4n) is 2.69. The Kier molecular flexibility index (Phi) is 10.7. The van der Waals surface area contributed by atoms with E-state index in [1.165, 1.54) is 0 Å². The number of ether oxygens (including phenoxy) is 2. The quantitative estimate of drug-likeness (QED) is 0.356. The van der Waals surface area contributed by atoms with E-state index >= 15 is 0 Å². The summed E-state index contributed by atoms with van der Waals surface area (Å²) in [4.78, 5) is 24.4. The predicted molar refractivity (Wildman–Crippen MR) is 104 cm³/mol. The zero-order chi connectivity index (χ0) is 19.4. The summed E-state index contributed by atoms with van der Waals surface area (Å²) >= 11 is 0. The van der Waals surface area contributed by atoms with Gasteiger partial charge in [0, 0.05) is 0 Å². The summed E-state index contributed by atoms with van der Waals surface area (Å²) in [5.74, 6) is 0.219. The topological polar surface area (TPSA) is 52.6 Å². The van der Waals surface area contributed by atoms with Crippen LogP contribution in [0.1, 0.15) is 86.9 Å². The van der Waals surface area contributed by atoms with Gasteiger partial charge in [0.1, 0.15) is 0 Å². The molecule has 0 spiro atoms. The minimum atomic E-state index is -0.391. The minimum Gasteiger partial charge on any atom is -0.462 e. The lowest BCUT2D eigenvalue weighted by atomic mass is 10.0. The molecule has 0 N–H and O–H groups in total. The van der Waals surface area contributed by atoms with Crippen molar-refractivity contribution < 1.29 is 19.1 Å². The van der Waals surface area contributed by atoms with Gasteiger partial charge in [0.15, 0.2) is 0 Å². The zero-order valence-corrected chi connectivity index (χ0v) is 16.8. The molecule has 0 aromatic heterocycles. The van der Waals surface area contributed by atoms with Gasteiger partial charge in [0.05, 0.1) is 24.3 Å². The third-order valence-electron chi connectivity index (χ3n) is 4.49. The van der Waals surface area contributed by atoms with Gasteiger partial charge in [-0.15, -0.1) is 0 Å². The van der Waals surface area contributed by atoms with E-state index in [-0.39, 0.29) is 5.97 Å². The van der Waals surface area contributed by atoms with E-state index in [1.54, 1.807) is 24.3 Å². The number of unbranched alkanes of at least 4 members (excludes halogenated alkanes) is 1. The fraction of sp³-hybridized carbons (Fsp3) is 0.636. The highest BCUT2D eigenvalue weighted by atomic mass is 16.5. The average Bonchev–Trinajstić information content (AvgIpc) is 2.65. The first-order valence-electron chi connectivity index (χ1n) is 9.92. The van der Waals surface area contributed by atoms with Gasteiger partial charge in [-0.05, 0) is 49.3 Å². The number of hydrogen-bond acceptors (Lipinski definition) is 4. The largest absolute Gasteiger partial charge is 0.462 e. The van der Waals surface area contributed by atoms with Crippen molar-refractivity contribution in [3.63, 3.8) is 0 Å². The molecule has 1 aromatic carbocycles. The first-order chi connectivity index (χ1) is 12.5. The lowest BCUT2D eigenvalue weighted by Crippen LogP contribution is -2.15. The smallest absolute Gasteiger partial charge is 0.338 e. The molecule has 1 aromatic rings. The summed E-state index contributed by atoms with van der Waals surface area (Å²) in [6, 6.07) is 6.58. The summed E-state index contributed by atoms with van der Waals surface area (Å²) in [6.45, 7) is 9.39. The molecule has 0 fully saturated rings. The van der Waals surface area contributed by atoms with Crippen molar-refractivity contribution in [2.45, 2.75) is 66.2 Å². The van der Waals surface area contributed by atoms with Crippen LogP contribution in [0, 0.1) is 11.8 Å². The van der Waals surface area contributed by atoms with Crippen LogP contribution in [0.4, 0.5) is 0 Å². The molecule has 0 aliphatic carbocycles. The second-order valence-corrected chi connectivity index (χ2v) is 7.27. The van der Waals surface area contributed by atoms with Crippen LogP contribution in [-0.4, -0.2) is 25.2 Å². The standard InChI is InChI=1S/C22H34O4/c1-5-7-11-18(6-2)16-26-22(24)20-13-8-12-19(15-20)21(23)25-14-9-10-17(3)4/h8,12-13,15,17-18H,5-7,9-11,14,16H2,1-4H3. The van der Waals surface area contributed by atoms with E-state index in [9.17, 15) is 9.59 Å². The molecule has 1 atom stereocenters. The Morgan fingerprint density at radius 1 is 0.962 bits per heavy atom. The van der Waals surface area contributed by atoms with E-state index in [4.69, 9.17) is 9.47 Å². The highest BCUT2D eigenvalue weighted by molar-refractivity contribution is 5.95. The van der Waals surface area contributed by atoms with Crippen molar-refractivity contribution in [3.05, 3.63) is 35.4 Å². The van der Waals surface area contributed by atoms with Crippen molar-refractivity contribution in [1.82, 2.24) is 0 Å². The van der Waals surface area contributed by atoms with Crippen LogP contribution < -0.4 is 0 Å². The number of carbonyl (C=O) groups is 2. The van der Waals surface area contributed by atoms with Gasteiger partial charge in [0.2, 0.25) is 0 Å². The monoisotopic (exact) mass is 362 g/mol. The molecule has 0 amide bonds. The first-order valence-corrected chi connectivity index (χ1v) is 9.92. The maximum Gasteiger partial charge on any atom is 0.338 e. The Morgan fingerprint density at radius 3 is 2.19 bits per heavy atom. The molecule has 26 heavy (non-hydrogen) atoms. The lowest BCUT2D eigenvalue weighted by molar-refractivity contribution is 0.0428. The van der Waals surface area contributed by atoms with Gasteiger partial charge in [0.25, 0.3) is 0 Å². The van der Waals surface area contributed by atoms with Crippen molar-refractivity contribution >= 4 is 11.9 Å². The maximum atomic E-state index is 12.3. The molecule has 1 unspecified atom stereocenters. The van der Waals surface area contributed by atoms with Gasteiger partial charge < -0.3 is 9.47 Å². The van der Waals surface area contributed by atoms with Crippen molar-refractivity contribution in [2.24, 2.45) is 11.8 Å². The molecule has 146 valence electrons. The lowest BCUT2D eigenvalue weighted by Gasteiger charge is -2.14. The van der Waals surface area contributed by atoms with Crippen LogP contribution in [0.25, 0.3) is 0 Å². The molecule has 1 rings (SSSR count). The number of carbonyl (C=O) groups excluding carboxylic acids is 2. The van der Waals surface area contributed by atoms with Gasteiger partial charge >= 0.3 is 11.9 Å². The number of rotatable bonds is 12. The van der Waals surface area contributed by atoms with Crippen LogP contribution >= 0.6 is 0 Å². The fourth-order valence-corrected chi connectivity index (χ4v) is 2.69. The first kappa shape index (κ1) is 22.2. The van der Waals surface area contributed by atoms with Crippen LogP contribution in [-0.2, 0) is 9.47 Å². The van der Waals surface area contributed by atoms with Crippen LogP contribution in [0.15, 0.2) is 24.3 Å². The van der Waals surface area contributed by atoms with E-state index in [0.717, 1.165) is 38.5 Å². The second-order valence-electron chi connectivity index (χ2n) is 7.27. The highest BCUT2D eigenvalue weighted by Crippen LogP contribution is 2.15. The summed E-state index contributed by atoms with van der Waals surface area (Å²) < 4.78 is 10.7. The highest BCUT2D eigenvalue weighted by Gasteiger charge is 2.14. The molecule has 4 nitrogen and oxygen atoms in total. The molecule has 0 saturated carbocycles. The van der Waals surface area contributed by atoms with Gasteiger partial charge in [-0.2, -0.15) is 0 Å². The zero-order valence-electron chi connectivity index (χ0n) is 16.8. The van der Waals surface area contributed by atoms with Crippen LogP contribution in [0.2, 0.25) is 0 Å². The third-order valence-corrected chi connectivity index (χ3v) is 4.49. The molecule has 0 saturated heterocycles. The van der Waals surface area contributed by atoms with Gasteiger partial charge in [-0.3, -0.25) is 0 Å². The van der Waals surface area contributed by atoms with E-state index in [2.05, 4.69) is 27.7 Å². The molecule has 4 heteroatoms. The molecule has 0 radical (unpaired) electrons. The summed E-state index contributed by atoms with van der Waals surface area (Å²) in [5, 5.41) is 0. The Balaban J connectivity index is 2.53. The van der Waals surface area contributed by atoms with Crippen molar-refractivity contribution in [2.75, 3.05) is 13.2 Å². The molecular formula is C22H34O4. The summed E-state index contributed by atoms with van der Waals surface area (Å²) in [6.07, 6.45) is 6.23.